The highest BCUT2D eigenvalue weighted by Crippen LogP contribution is 2.23. The molecule has 1 rings (SSSR count). The van der Waals surface area contributed by atoms with E-state index in [0.29, 0.717) is 12.2 Å². The first-order chi connectivity index (χ1) is 5.17. The second kappa shape index (κ2) is 2.78. The quantitative estimate of drug-likeness (QED) is 0.622. The third-order valence-electron chi connectivity index (χ3n) is 1.46. The molecule has 60 valence electrons. The highest BCUT2D eigenvalue weighted by atomic mass is 16.5. The first-order valence-electron chi connectivity index (χ1n) is 3.32. The molecule has 0 aromatic carbocycles. The smallest absolute Gasteiger partial charge is 0.294 e. The molecule has 0 aliphatic rings. The summed E-state index contributed by atoms with van der Waals surface area (Å²) in [5, 5.41) is 0. The molecule has 0 unspecified atom stereocenters. The Bertz CT molecular complexity index is 223. The number of rotatable bonds is 3. The Morgan fingerprint density at radius 1 is 1.64 bits per heavy atom. The molecule has 11 heavy (non-hydrogen) atoms. The van der Waals surface area contributed by atoms with Gasteiger partial charge in [-0.05, 0) is 26.0 Å². The van der Waals surface area contributed by atoms with Crippen molar-refractivity contribution in [2.45, 2.75) is 19.4 Å². The van der Waals surface area contributed by atoms with Crippen molar-refractivity contribution >= 4 is 6.47 Å². The molecule has 0 saturated carbocycles. The zero-order valence-electron chi connectivity index (χ0n) is 6.53. The maximum atomic E-state index is 10.1. The monoisotopic (exact) mass is 154 g/mol. The SMILES string of the molecule is CC(C)(OC=O)c1ccco1. The van der Waals surface area contributed by atoms with Crippen molar-refractivity contribution in [3.05, 3.63) is 24.2 Å². The molecule has 0 saturated heterocycles. The molecule has 0 amide bonds. The highest BCUT2D eigenvalue weighted by Gasteiger charge is 2.24. The number of ether oxygens (including phenoxy) is 1. The third kappa shape index (κ3) is 1.61. The maximum Gasteiger partial charge on any atom is 0.294 e. The van der Waals surface area contributed by atoms with Gasteiger partial charge in [-0.1, -0.05) is 0 Å². The average molecular weight is 154 g/mol. The lowest BCUT2D eigenvalue weighted by Gasteiger charge is -2.18. The summed E-state index contributed by atoms with van der Waals surface area (Å²) in [5.41, 5.74) is -0.661. The average Bonchev–Trinajstić information content (AvgIpc) is 2.37. The Labute approximate surface area is 65.0 Å². The molecule has 3 heteroatoms. The van der Waals surface area contributed by atoms with Crippen LogP contribution < -0.4 is 0 Å². The van der Waals surface area contributed by atoms with Crippen LogP contribution in [0.25, 0.3) is 0 Å². The Morgan fingerprint density at radius 3 is 2.82 bits per heavy atom. The molecule has 0 spiro atoms. The van der Waals surface area contributed by atoms with Crippen LogP contribution in [0.1, 0.15) is 19.6 Å². The summed E-state index contributed by atoms with van der Waals surface area (Å²) in [7, 11) is 0. The van der Waals surface area contributed by atoms with E-state index in [1.165, 1.54) is 0 Å². The maximum absolute atomic E-state index is 10.1. The summed E-state index contributed by atoms with van der Waals surface area (Å²) >= 11 is 0. The largest absolute Gasteiger partial charge is 0.465 e. The topological polar surface area (TPSA) is 39.4 Å². The van der Waals surface area contributed by atoms with E-state index in [1.54, 1.807) is 32.2 Å². The minimum atomic E-state index is -0.661. The molecule has 1 heterocycles. The molecular formula is C8H10O3. The second-order valence-corrected chi connectivity index (χ2v) is 2.70. The van der Waals surface area contributed by atoms with Crippen LogP contribution in [0.3, 0.4) is 0 Å². The summed E-state index contributed by atoms with van der Waals surface area (Å²) in [6, 6.07) is 3.52. The van der Waals surface area contributed by atoms with Crippen LogP contribution in [-0.2, 0) is 15.1 Å². The summed E-state index contributed by atoms with van der Waals surface area (Å²) < 4.78 is 9.87. The molecule has 0 N–H and O–H groups in total. The molecule has 3 nitrogen and oxygen atoms in total. The van der Waals surface area contributed by atoms with E-state index in [4.69, 9.17) is 9.15 Å². The van der Waals surface area contributed by atoms with Crippen molar-refractivity contribution in [3.8, 4) is 0 Å². The van der Waals surface area contributed by atoms with Crippen LogP contribution in [0, 0.1) is 0 Å². The zero-order valence-corrected chi connectivity index (χ0v) is 6.53. The van der Waals surface area contributed by atoms with Crippen molar-refractivity contribution in [1.29, 1.82) is 0 Å². The van der Waals surface area contributed by atoms with Gasteiger partial charge >= 0.3 is 0 Å². The minimum Gasteiger partial charge on any atom is -0.465 e. The fraction of sp³-hybridized carbons (Fsp3) is 0.375. The number of hydrogen-bond acceptors (Lipinski definition) is 3. The molecule has 0 aliphatic heterocycles. The lowest BCUT2D eigenvalue weighted by molar-refractivity contribution is -0.142. The first kappa shape index (κ1) is 7.85. The Balaban J connectivity index is 2.81. The van der Waals surface area contributed by atoms with Gasteiger partial charge < -0.3 is 9.15 Å². The van der Waals surface area contributed by atoms with Crippen LogP contribution in [0.15, 0.2) is 22.8 Å². The van der Waals surface area contributed by atoms with Gasteiger partial charge in [-0.3, -0.25) is 4.79 Å². The van der Waals surface area contributed by atoms with E-state index >= 15 is 0 Å². The highest BCUT2D eigenvalue weighted by molar-refractivity contribution is 5.38. The van der Waals surface area contributed by atoms with Gasteiger partial charge in [0.15, 0.2) is 5.60 Å². The van der Waals surface area contributed by atoms with Crippen molar-refractivity contribution in [2.24, 2.45) is 0 Å². The molecule has 1 aromatic rings. The van der Waals surface area contributed by atoms with Crippen LogP contribution in [0.2, 0.25) is 0 Å². The van der Waals surface area contributed by atoms with Gasteiger partial charge in [0, 0.05) is 0 Å². The van der Waals surface area contributed by atoms with E-state index in [0.717, 1.165) is 0 Å². The molecule has 0 aliphatic carbocycles. The lowest BCUT2D eigenvalue weighted by atomic mass is 10.1. The summed E-state index contributed by atoms with van der Waals surface area (Å²) in [4.78, 5) is 10.1. The van der Waals surface area contributed by atoms with Crippen molar-refractivity contribution in [2.75, 3.05) is 0 Å². The van der Waals surface area contributed by atoms with Gasteiger partial charge in [0.25, 0.3) is 6.47 Å². The van der Waals surface area contributed by atoms with Crippen LogP contribution >= 0.6 is 0 Å². The Kier molecular flexibility index (Phi) is 1.98. The van der Waals surface area contributed by atoms with Gasteiger partial charge in [-0.25, -0.2) is 0 Å². The number of furan rings is 1. The lowest BCUT2D eigenvalue weighted by Crippen LogP contribution is -2.19. The molecule has 0 atom stereocenters. The Morgan fingerprint density at radius 2 is 2.36 bits per heavy atom. The van der Waals surface area contributed by atoms with Crippen molar-refractivity contribution < 1.29 is 13.9 Å². The van der Waals surface area contributed by atoms with E-state index < -0.39 is 5.60 Å². The van der Waals surface area contributed by atoms with Crippen molar-refractivity contribution in [1.82, 2.24) is 0 Å². The minimum absolute atomic E-state index is 0.419. The van der Waals surface area contributed by atoms with Crippen LogP contribution in [0.5, 0.6) is 0 Å². The third-order valence-corrected chi connectivity index (χ3v) is 1.46. The first-order valence-corrected chi connectivity index (χ1v) is 3.32. The van der Waals surface area contributed by atoms with Crippen LogP contribution in [0.4, 0.5) is 0 Å². The number of carbonyl (C=O) groups excluding carboxylic acids is 1. The molecule has 1 aromatic heterocycles. The van der Waals surface area contributed by atoms with Gasteiger partial charge in [0.05, 0.1) is 6.26 Å². The fourth-order valence-electron chi connectivity index (χ4n) is 0.800. The molecule has 0 fully saturated rings. The van der Waals surface area contributed by atoms with E-state index in [2.05, 4.69) is 0 Å². The Hall–Kier alpha value is -1.25. The van der Waals surface area contributed by atoms with Gasteiger partial charge in [0.2, 0.25) is 0 Å². The van der Waals surface area contributed by atoms with Gasteiger partial charge in [-0.2, -0.15) is 0 Å². The number of carbonyl (C=O) groups is 1. The molecular weight excluding hydrogens is 144 g/mol. The standard InChI is InChI=1S/C8H10O3/c1-8(2,11-6-9)7-4-3-5-10-7/h3-6H,1-2H3. The van der Waals surface area contributed by atoms with Crippen molar-refractivity contribution in [3.63, 3.8) is 0 Å². The predicted octanol–water partition coefficient (Wildman–Crippen LogP) is 1.69. The van der Waals surface area contributed by atoms with E-state index in [-0.39, 0.29) is 0 Å². The molecule has 0 bridgehead atoms. The fourth-order valence-corrected chi connectivity index (χ4v) is 0.800. The summed E-state index contributed by atoms with van der Waals surface area (Å²) in [6.07, 6.45) is 1.55. The zero-order chi connectivity index (χ0) is 8.32. The number of hydrogen-bond donors (Lipinski definition) is 0. The molecule has 0 radical (unpaired) electrons. The van der Waals surface area contributed by atoms with Gasteiger partial charge in [-0.15, -0.1) is 0 Å². The normalized spacial score (nSPS) is 11.1. The second-order valence-electron chi connectivity index (χ2n) is 2.70. The summed E-state index contributed by atoms with van der Waals surface area (Å²) in [6.45, 7) is 3.95. The summed E-state index contributed by atoms with van der Waals surface area (Å²) in [5.74, 6) is 0.643. The van der Waals surface area contributed by atoms with Gasteiger partial charge in [0.1, 0.15) is 5.76 Å². The predicted molar refractivity (Wildman–Crippen MR) is 38.9 cm³/mol. The van der Waals surface area contributed by atoms with E-state index in [9.17, 15) is 4.79 Å². The van der Waals surface area contributed by atoms with Crippen LogP contribution in [-0.4, -0.2) is 6.47 Å². The van der Waals surface area contributed by atoms with E-state index in [1.807, 2.05) is 0 Å².